The SMILES string of the molecule is Nc1cc(C(=O)NCCOCC(=O)O)nc2ccccc12. The molecule has 2 aromatic rings. The number of fused-ring (bicyclic) bond motifs is 1. The van der Waals surface area contributed by atoms with Gasteiger partial charge in [0.05, 0.1) is 12.1 Å². The van der Waals surface area contributed by atoms with Crippen molar-refractivity contribution in [1.29, 1.82) is 0 Å². The number of aliphatic carboxylic acids is 1. The van der Waals surface area contributed by atoms with Crippen molar-refractivity contribution < 1.29 is 19.4 Å². The van der Waals surface area contributed by atoms with Crippen LogP contribution in [0.1, 0.15) is 10.5 Å². The molecule has 0 radical (unpaired) electrons. The van der Waals surface area contributed by atoms with Crippen molar-refractivity contribution in [3.8, 4) is 0 Å². The molecule has 7 heteroatoms. The van der Waals surface area contributed by atoms with Crippen LogP contribution in [0.5, 0.6) is 0 Å². The van der Waals surface area contributed by atoms with E-state index in [1.165, 1.54) is 6.07 Å². The zero-order chi connectivity index (χ0) is 15.2. The number of carbonyl (C=O) groups is 2. The standard InChI is InChI=1S/C14H15N3O4/c15-10-7-12(17-11-4-2-1-3-9(10)11)14(20)16-5-6-21-8-13(18)19/h1-4,7H,5-6,8H2,(H2,15,17)(H,16,20)(H,18,19). The summed E-state index contributed by atoms with van der Waals surface area (Å²) in [4.78, 5) is 26.4. The molecule has 1 aromatic heterocycles. The summed E-state index contributed by atoms with van der Waals surface area (Å²) in [6.07, 6.45) is 0. The molecule has 110 valence electrons. The molecule has 1 heterocycles. The van der Waals surface area contributed by atoms with Crippen molar-refractivity contribution in [2.75, 3.05) is 25.5 Å². The van der Waals surface area contributed by atoms with Gasteiger partial charge in [-0.2, -0.15) is 0 Å². The number of ether oxygens (including phenoxy) is 1. The van der Waals surface area contributed by atoms with E-state index in [9.17, 15) is 9.59 Å². The first-order chi connectivity index (χ1) is 10.1. The Balaban J connectivity index is 1.98. The Morgan fingerprint density at radius 2 is 2.10 bits per heavy atom. The Bertz CT molecular complexity index is 672. The van der Waals surface area contributed by atoms with Crippen LogP contribution in [0.25, 0.3) is 10.9 Å². The van der Waals surface area contributed by atoms with E-state index < -0.39 is 12.6 Å². The Morgan fingerprint density at radius 1 is 1.33 bits per heavy atom. The molecule has 0 saturated heterocycles. The molecule has 21 heavy (non-hydrogen) atoms. The van der Waals surface area contributed by atoms with Crippen LogP contribution in [0.4, 0.5) is 5.69 Å². The second-order valence-corrected chi connectivity index (χ2v) is 4.32. The van der Waals surface area contributed by atoms with E-state index >= 15 is 0 Å². The number of anilines is 1. The van der Waals surface area contributed by atoms with Crippen LogP contribution in [0.2, 0.25) is 0 Å². The number of pyridine rings is 1. The average Bonchev–Trinajstić information content (AvgIpc) is 2.46. The van der Waals surface area contributed by atoms with Gasteiger partial charge in [0.2, 0.25) is 0 Å². The number of nitrogens with zero attached hydrogens (tertiary/aromatic N) is 1. The minimum absolute atomic E-state index is 0.112. The van der Waals surface area contributed by atoms with Crippen molar-refractivity contribution in [2.24, 2.45) is 0 Å². The predicted octanol–water partition coefficient (Wildman–Crippen LogP) is 0.648. The molecule has 0 aliphatic rings. The molecule has 0 aliphatic heterocycles. The number of benzene rings is 1. The van der Waals surface area contributed by atoms with Crippen molar-refractivity contribution in [3.05, 3.63) is 36.0 Å². The third kappa shape index (κ3) is 3.90. The minimum Gasteiger partial charge on any atom is -0.480 e. The maximum Gasteiger partial charge on any atom is 0.329 e. The van der Waals surface area contributed by atoms with E-state index in [1.807, 2.05) is 18.2 Å². The van der Waals surface area contributed by atoms with E-state index in [1.54, 1.807) is 6.07 Å². The van der Waals surface area contributed by atoms with Crippen LogP contribution in [-0.2, 0) is 9.53 Å². The zero-order valence-corrected chi connectivity index (χ0v) is 11.2. The Kier molecular flexibility index (Phi) is 4.68. The van der Waals surface area contributed by atoms with Crippen molar-refractivity contribution in [1.82, 2.24) is 10.3 Å². The molecule has 1 aromatic carbocycles. The van der Waals surface area contributed by atoms with Crippen LogP contribution in [0.3, 0.4) is 0 Å². The molecule has 2 rings (SSSR count). The number of nitrogen functional groups attached to an aromatic ring is 1. The van der Waals surface area contributed by atoms with Crippen LogP contribution in [-0.4, -0.2) is 41.7 Å². The lowest BCUT2D eigenvalue weighted by atomic mass is 10.1. The minimum atomic E-state index is -1.05. The van der Waals surface area contributed by atoms with Gasteiger partial charge in [-0.05, 0) is 12.1 Å². The maximum absolute atomic E-state index is 11.9. The van der Waals surface area contributed by atoms with Gasteiger partial charge in [-0.1, -0.05) is 18.2 Å². The highest BCUT2D eigenvalue weighted by Gasteiger charge is 2.10. The van der Waals surface area contributed by atoms with Gasteiger partial charge < -0.3 is 20.9 Å². The van der Waals surface area contributed by atoms with Crippen molar-refractivity contribution >= 4 is 28.5 Å². The average molecular weight is 289 g/mol. The quantitative estimate of drug-likeness (QED) is 0.673. The fraction of sp³-hybridized carbons (Fsp3) is 0.214. The molecule has 1 amide bonds. The van der Waals surface area contributed by atoms with E-state index in [4.69, 9.17) is 15.6 Å². The number of nitrogens with two attached hydrogens (primary N) is 1. The smallest absolute Gasteiger partial charge is 0.329 e. The van der Waals surface area contributed by atoms with Crippen LogP contribution < -0.4 is 11.1 Å². The summed E-state index contributed by atoms with van der Waals surface area (Å²) < 4.78 is 4.82. The number of hydrogen-bond acceptors (Lipinski definition) is 5. The monoisotopic (exact) mass is 289 g/mol. The molecule has 0 aliphatic carbocycles. The predicted molar refractivity (Wildman–Crippen MR) is 76.9 cm³/mol. The van der Waals surface area contributed by atoms with E-state index in [0.717, 1.165) is 5.39 Å². The molecular formula is C14H15N3O4. The van der Waals surface area contributed by atoms with Gasteiger partial charge >= 0.3 is 5.97 Å². The first-order valence-corrected chi connectivity index (χ1v) is 6.31. The number of hydrogen-bond donors (Lipinski definition) is 3. The summed E-state index contributed by atoms with van der Waals surface area (Å²) in [5, 5.41) is 11.8. The first kappa shape index (κ1) is 14.7. The first-order valence-electron chi connectivity index (χ1n) is 6.31. The highest BCUT2D eigenvalue weighted by Crippen LogP contribution is 2.19. The van der Waals surface area contributed by atoms with Gasteiger partial charge in [-0.15, -0.1) is 0 Å². The Hall–Kier alpha value is -2.67. The number of carbonyl (C=O) groups excluding carboxylic acids is 1. The van der Waals surface area contributed by atoms with Gasteiger partial charge in [0.1, 0.15) is 12.3 Å². The molecule has 0 unspecified atom stereocenters. The summed E-state index contributed by atoms with van der Waals surface area (Å²) >= 11 is 0. The molecule has 0 atom stereocenters. The second kappa shape index (κ2) is 6.67. The van der Waals surface area contributed by atoms with Gasteiger partial charge in [0, 0.05) is 17.6 Å². The molecule has 0 fully saturated rings. The van der Waals surface area contributed by atoms with Gasteiger partial charge in [0.15, 0.2) is 0 Å². The topological polar surface area (TPSA) is 115 Å². The van der Waals surface area contributed by atoms with Crippen molar-refractivity contribution in [2.45, 2.75) is 0 Å². The number of carboxylic acids is 1. The van der Waals surface area contributed by atoms with Crippen LogP contribution >= 0.6 is 0 Å². The molecule has 0 saturated carbocycles. The van der Waals surface area contributed by atoms with Gasteiger partial charge in [-0.25, -0.2) is 9.78 Å². The Morgan fingerprint density at radius 3 is 2.86 bits per heavy atom. The van der Waals surface area contributed by atoms with Crippen LogP contribution in [0.15, 0.2) is 30.3 Å². The summed E-state index contributed by atoms with van der Waals surface area (Å²) in [5.74, 6) is -1.43. The summed E-state index contributed by atoms with van der Waals surface area (Å²) in [6, 6.07) is 8.78. The Labute approximate surface area is 120 Å². The van der Waals surface area contributed by atoms with Gasteiger partial charge in [-0.3, -0.25) is 4.79 Å². The molecule has 0 bridgehead atoms. The number of nitrogens with one attached hydrogen (secondary N) is 1. The fourth-order valence-electron chi connectivity index (χ4n) is 1.81. The maximum atomic E-state index is 11.9. The highest BCUT2D eigenvalue weighted by molar-refractivity contribution is 5.99. The lowest BCUT2D eigenvalue weighted by molar-refractivity contribution is -0.142. The van der Waals surface area contributed by atoms with E-state index in [-0.39, 0.29) is 24.8 Å². The number of carboxylic acid groups (broad SMARTS) is 1. The largest absolute Gasteiger partial charge is 0.480 e. The number of rotatable bonds is 6. The van der Waals surface area contributed by atoms with Crippen molar-refractivity contribution in [3.63, 3.8) is 0 Å². The van der Waals surface area contributed by atoms with Crippen LogP contribution in [0, 0.1) is 0 Å². The van der Waals surface area contributed by atoms with Gasteiger partial charge in [0.25, 0.3) is 5.91 Å². The summed E-state index contributed by atoms with van der Waals surface area (Å²) in [7, 11) is 0. The lowest BCUT2D eigenvalue weighted by Crippen LogP contribution is -2.28. The number of aromatic nitrogens is 1. The summed E-state index contributed by atoms with van der Waals surface area (Å²) in [5.41, 5.74) is 7.23. The third-order valence-electron chi connectivity index (χ3n) is 2.74. The highest BCUT2D eigenvalue weighted by atomic mass is 16.5. The molecule has 7 nitrogen and oxygen atoms in total. The second-order valence-electron chi connectivity index (χ2n) is 4.32. The fourth-order valence-corrected chi connectivity index (χ4v) is 1.81. The molecule has 0 spiro atoms. The summed E-state index contributed by atoms with van der Waals surface area (Å²) in [6.45, 7) is -0.0847. The third-order valence-corrected chi connectivity index (χ3v) is 2.74. The zero-order valence-electron chi connectivity index (χ0n) is 11.2. The lowest BCUT2D eigenvalue weighted by Gasteiger charge is -2.07. The molecule has 4 N–H and O–H groups in total. The normalized spacial score (nSPS) is 10.5. The number of amides is 1. The van der Waals surface area contributed by atoms with E-state index in [0.29, 0.717) is 11.2 Å². The number of para-hydroxylation sites is 1. The van der Waals surface area contributed by atoms with E-state index in [2.05, 4.69) is 10.3 Å². The molecular weight excluding hydrogens is 274 g/mol.